The highest BCUT2D eigenvalue weighted by atomic mass is 16.6. The second kappa shape index (κ2) is 6.66. The van der Waals surface area contributed by atoms with E-state index in [4.69, 9.17) is 4.74 Å². The fourth-order valence-electron chi connectivity index (χ4n) is 2.91. The van der Waals surface area contributed by atoms with Crippen LogP contribution in [0.1, 0.15) is 37.9 Å². The Morgan fingerprint density at radius 2 is 1.92 bits per heavy atom. The first kappa shape index (κ1) is 19.2. The monoisotopic (exact) mass is 356 g/mol. The molecular weight excluding hydrogens is 332 g/mol. The summed E-state index contributed by atoms with van der Waals surface area (Å²) in [6, 6.07) is -1.04. The fourth-order valence-corrected chi connectivity index (χ4v) is 2.91. The van der Waals surface area contributed by atoms with E-state index in [9.17, 15) is 30.0 Å². The number of H-pyrrole nitrogens is 1. The standard InChI is InChI=1S/C16H24N2O7/c1-7-5-8(14(23)17-13(7)22)10-12(21)11(20)9(6-19)18(10)15(24)25-16(2,3)4/h5,9-12,19-21H,6H2,1-4H3,(H2,17,22,23)/t9-,10+,11-,12+/m1/s1. The van der Waals surface area contributed by atoms with Crippen LogP contribution in [0.15, 0.2) is 10.9 Å². The van der Waals surface area contributed by atoms with Crippen molar-refractivity contribution in [2.45, 2.75) is 57.6 Å². The van der Waals surface area contributed by atoms with E-state index in [1.54, 1.807) is 20.8 Å². The van der Waals surface area contributed by atoms with E-state index in [2.05, 4.69) is 4.98 Å². The lowest BCUT2D eigenvalue weighted by molar-refractivity contribution is -0.000936. The third-order valence-electron chi connectivity index (χ3n) is 4.07. The van der Waals surface area contributed by atoms with Gasteiger partial charge in [-0.15, -0.1) is 0 Å². The molecule has 9 heteroatoms. The minimum Gasteiger partial charge on any atom is -0.494 e. The van der Waals surface area contributed by atoms with Crippen molar-refractivity contribution in [2.24, 2.45) is 0 Å². The minimum absolute atomic E-state index is 0.0244. The lowest BCUT2D eigenvalue weighted by Crippen LogP contribution is -2.46. The van der Waals surface area contributed by atoms with Crippen LogP contribution < -0.4 is 5.56 Å². The van der Waals surface area contributed by atoms with Crippen molar-refractivity contribution in [1.82, 2.24) is 9.88 Å². The molecule has 1 aliphatic rings. The number of ether oxygens (including phenoxy) is 1. The maximum atomic E-state index is 12.6. The third-order valence-corrected chi connectivity index (χ3v) is 4.07. The quantitative estimate of drug-likeness (QED) is 0.492. The van der Waals surface area contributed by atoms with Gasteiger partial charge in [0.1, 0.15) is 17.8 Å². The Labute approximate surface area is 144 Å². The largest absolute Gasteiger partial charge is 0.494 e. The predicted octanol–water partition coefficient (Wildman–Crippen LogP) is -0.237. The van der Waals surface area contributed by atoms with Gasteiger partial charge in [0.15, 0.2) is 5.88 Å². The highest BCUT2D eigenvalue weighted by Gasteiger charge is 2.52. The number of hydrogen-bond acceptors (Lipinski definition) is 7. The molecule has 2 rings (SSSR count). The number of aromatic hydroxyl groups is 1. The molecule has 0 unspecified atom stereocenters. The number of aliphatic hydroxyl groups excluding tert-OH is 3. The normalized spacial score (nSPS) is 26.8. The van der Waals surface area contributed by atoms with E-state index in [-0.39, 0.29) is 11.4 Å². The van der Waals surface area contributed by atoms with Gasteiger partial charge in [0.2, 0.25) is 0 Å². The number of aryl methyl sites for hydroxylation is 1. The fraction of sp³-hybridized carbons (Fsp3) is 0.625. The first-order valence-corrected chi connectivity index (χ1v) is 7.89. The molecule has 0 aromatic carbocycles. The van der Waals surface area contributed by atoms with Gasteiger partial charge < -0.3 is 25.2 Å². The van der Waals surface area contributed by atoms with Crippen LogP contribution >= 0.6 is 0 Å². The Hall–Kier alpha value is -2.10. The minimum atomic E-state index is -1.50. The van der Waals surface area contributed by atoms with E-state index in [1.165, 1.54) is 13.0 Å². The molecule has 0 aliphatic carbocycles. The van der Waals surface area contributed by atoms with Crippen LogP contribution in [-0.4, -0.2) is 66.9 Å². The second-order valence-corrected chi connectivity index (χ2v) is 7.15. The molecule has 0 saturated carbocycles. The average molecular weight is 356 g/mol. The van der Waals surface area contributed by atoms with Crippen LogP contribution in [0.3, 0.4) is 0 Å². The molecule has 1 fully saturated rings. The van der Waals surface area contributed by atoms with Crippen molar-refractivity contribution < 1.29 is 30.0 Å². The van der Waals surface area contributed by atoms with Gasteiger partial charge in [-0.1, -0.05) is 0 Å². The number of carbonyl (C=O) groups is 1. The summed E-state index contributed by atoms with van der Waals surface area (Å²) in [4.78, 5) is 28.0. The SMILES string of the molecule is Cc1cc([C@H]2[C@H](O)[C@H](O)[C@@H](CO)N2C(=O)OC(C)(C)C)c(=O)[nH]c1O. The Bertz CT molecular complexity index is 709. The number of nitrogens with one attached hydrogen (secondary N) is 1. The van der Waals surface area contributed by atoms with Crippen molar-refractivity contribution in [3.8, 4) is 5.88 Å². The van der Waals surface area contributed by atoms with Gasteiger partial charge in [-0.2, -0.15) is 0 Å². The molecule has 0 spiro atoms. The molecule has 0 radical (unpaired) electrons. The van der Waals surface area contributed by atoms with Crippen molar-refractivity contribution in [2.75, 3.05) is 6.61 Å². The first-order valence-electron chi connectivity index (χ1n) is 7.89. The number of amides is 1. The summed E-state index contributed by atoms with van der Waals surface area (Å²) in [5.41, 5.74) is -1.26. The van der Waals surface area contributed by atoms with Crippen LogP contribution in [0.5, 0.6) is 5.88 Å². The molecule has 1 saturated heterocycles. The van der Waals surface area contributed by atoms with E-state index in [0.29, 0.717) is 5.56 Å². The summed E-state index contributed by atoms with van der Waals surface area (Å²) >= 11 is 0. The van der Waals surface area contributed by atoms with Crippen molar-refractivity contribution in [3.63, 3.8) is 0 Å². The number of aromatic nitrogens is 1. The summed E-state index contributed by atoms with van der Waals surface area (Å²) < 4.78 is 5.29. The van der Waals surface area contributed by atoms with Crippen LogP contribution in [0.4, 0.5) is 4.79 Å². The van der Waals surface area contributed by atoms with Gasteiger partial charge >= 0.3 is 6.09 Å². The lowest BCUT2D eigenvalue weighted by atomic mass is 10.0. The Kier molecular flexibility index (Phi) is 5.12. The second-order valence-electron chi connectivity index (χ2n) is 7.15. The lowest BCUT2D eigenvalue weighted by Gasteiger charge is -2.32. The molecule has 2 heterocycles. The number of pyridine rings is 1. The number of nitrogens with zero attached hydrogens (tertiary/aromatic N) is 1. The van der Waals surface area contributed by atoms with Gasteiger partial charge in [-0.3, -0.25) is 14.7 Å². The van der Waals surface area contributed by atoms with E-state index < -0.39 is 48.2 Å². The van der Waals surface area contributed by atoms with Crippen molar-refractivity contribution in [3.05, 3.63) is 27.5 Å². The molecule has 4 atom stereocenters. The topological polar surface area (TPSA) is 143 Å². The average Bonchev–Trinajstić information content (AvgIpc) is 2.73. The zero-order valence-corrected chi connectivity index (χ0v) is 14.6. The molecule has 9 nitrogen and oxygen atoms in total. The summed E-state index contributed by atoms with van der Waals surface area (Å²) in [5, 5.41) is 39.7. The van der Waals surface area contributed by atoms with E-state index in [0.717, 1.165) is 4.90 Å². The Morgan fingerprint density at radius 3 is 2.44 bits per heavy atom. The Balaban J connectivity index is 2.54. The summed E-state index contributed by atoms with van der Waals surface area (Å²) in [6.07, 6.45) is -3.84. The number of aliphatic hydroxyl groups is 3. The van der Waals surface area contributed by atoms with Gasteiger partial charge in [-0.05, 0) is 33.8 Å². The predicted molar refractivity (Wildman–Crippen MR) is 87.2 cm³/mol. The molecule has 5 N–H and O–H groups in total. The smallest absolute Gasteiger partial charge is 0.411 e. The molecule has 140 valence electrons. The van der Waals surface area contributed by atoms with Gasteiger partial charge in [0, 0.05) is 11.1 Å². The maximum absolute atomic E-state index is 12.6. The van der Waals surface area contributed by atoms with Crippen molar-refractivity contribution >= 4 is 6.09 Å². The third kappa shape index (κ3) is 3.63. The molecule has 1 aliphatic heterocycles. The van der Waals surface area contributed by atoms with Crippen LogP contribution in [0.2, 0.25) is 0 Å². The Morgan fingerprint density at radius 1 is 1.32 bits per heavy atom. The van der Waals surface area contributed by atoms with Gasteiger partial charge in [0.25, 0.3) is 5.56 Å². The molecular formula is C16H24N2O7. The highest BCUT2D eigenvalue weighted by Crippen LogP contribution is 2.37. The zero-order chi connectivity index (χ0) is 19.1. The molecule has 1 aromatic rings. The van der Waals surface area contributed by atoms with E-state index in [1.807, 2.05) is 0 Å². The summed E-state index contributed by atoms with van der Waals surface area (Å²) in [5.74, 6) is -0.329. The van der Waals surface area contributed by atoms with Crippen LogP contribution in [0, 0.1) is 6.92 Å². The van der Waals surface area contributed by atoms with Crippen LogP contribution in [-0.2, 0) is 4.74 Å². The van der Waals surface area contributed by atoms with Gasteiger partial charge in [0.05, 0.1) is 18.7 Å². The zero-order valence-electron chi connectivity index (χ0n) is 14.6. The van der Waals surface area contributed by atoms with Crippen LogP contribution in [0.25, 0.3) is 0 Å². The van der Waals surface area contributed by atoms with Crippen molar-refractivity contribution in [1.29, 1.82) is 0 Å². The summed E-state index contributed by atoms with van der Waals surface area (Å²) in [6.45, 7) is 5.85. The summed E-state index contributed by atoms with van der Waals surface area (Å²) in [7, 11) is 0. The maximum Gasteiger partial charge on any atom is 0.411 e. The number of carbonyl (C=O) groups excluding carboxylic acids is 1. The molecule has 1 aromatic heterocycles. The molecule has 25 heavy (non-hydrogen) atoms. The van der Waals surface area contributed by atoms with E-state index >= 15 is 0 Å². The first-order chi connectivity index (χ1) is 11.5. The molecule has 1 amide bonds. The number of aromatic amines is 1. The number of rotatable bonds is 2. The highest BCUT2D eigenvalue weighted by molar-refractivity contribution is 5.70. The number of likely N-dealkylation sites (tertiary alicyclic amines) is 1. The number of hydrogen-bond donors (Lipinski definition) is 5. The van der Waals surface area contributed by atoms with Gasteiger partial charge in [-0.25, -0.2) is 4.79 Å². The molecule has 0 bridgehead atoms.